The second kappa shape index (κ2) is 9.45. The van der Waals surface area contributed by atoms with Crippen molar-refractivity contribution in [2.75, 3.05) is 25.0 Å². The number of rotatable bonds is 8. The van der Waals surface area contributed by atoms with Gasteiger partial charge in [0.1, 0.15) is 5.82 Å². The maximum atomic E-state index is 14.1. The highest BCUT2D eigenvalue weighted by molar-refractivity contribution is 7.07. The third-order valence-electron chi connectivity index (χ3n) is 4.17. The van der Waals surface area contributed by atoms with Crippen LogP contribution in [-0.4, -0.2) is 36.3 Å². The summed E-state index contributed by atoms with van der Waals surface area (Å²) in [6, 6.07) is 6.03. The van der Waals surface area contributed by atoms with E-state index in [1.54, 1.807) is 11.3 Å². The number of carbonyl (C=O) groups excluding carboxylic acids is 2. The van der Waals surface area contributed by atoms with Crippen molar-refractivity contribution in [2.24, 2.45) is 0 Å². The van der Waals surface area contributed by atoms with Crippen molar-refractivity contribution in [3.05, 3.63) is 52.0 Å². The minimum absolute atomic E-state index is 0.0294. The van der Waals surface area contributed by atoms with Crippen LogP contribution in [0, 0.1) is 5.82 Å². The van der Waals surface area contributed by atoms with Crippen molar-refractivity contribution in [3.63, 3.8) is 0 Å². The van der Waals surface area contributed by atoms with Crippen LogP contribution in [0.3, 0.4) is 0 Å². The fourth-order valence-corrected chi connectivity index (χ4v) is 3.56. The number of halogens is 1. The van der Waals surface area contributed by atoms with Crippen LogP contribution in [0.25, 0.3) is 0 Å². The molecule has 1 aromatic carbocycles. The maximum absolute atomic E-state index is 14.1. The topological polar surface area (TPSA) is 61.4 Å². The van der Waals surface area contributed by atoms with Crippen LogP contribution in [0.1, 0.15) is 42.7 Å². The van der Waals surface area contributed by atoms with Gasteiger partial charge in [-0.05, 0) is 53.7 Å². The van der Waals surface area contributed by atoms with Gasteiger partial charge in [-0.3, -0.25) is 14.5 Å². The van der Waals surface area contributed by atoms with E-state index < -0.39 is 11.7 Å². The number of anilines is 1. The Morgan fingerprint density at radius 2 is 1.96 bits per heavy atom. The highest BCUT2D eigenvalue weighted by Crippen LogP contribution is 2.22. The van der Waals surface area contributed by atoms with E-state index in [9.17, 15) is 14.0 Å². The molecule has 0 aliphatic carbocycles. The zero-order chi connectivity index (χ0) is 19.1. The minimum atomic E-state index is -0.619. The number of nitrogens with one attached hydrogen (secondary N) is 2. The van der Waals surface area contributed by atoms with E-state index in [2.05, 4.69) is 34.8 Å². The summed E-state index contributed by atoms with van der Waals surface area (Å²) < 4.78 is 14.1. The number of hydrogen-bond acceptors (Lipinski definition) is 4. The van der Waals surface area contributed by atoms with Crippen molar-refractivity contribution in [1.82, 2.24) is 10.2 Å². The largest absolute Gasteiger partial charge is 0.350 e. The standard InChI is InChI=1S/C19H24FN3O2S/c1-4-23(5-2)18(14-8-9-26-12-14)11-21-19(25)16-10-15(22-13(3)24)6-7-17(16)20/h6-10,12,18H,4-5,11H2,1-3H3,(H,21,25)(H,22,24). The second-order valence-corrected chi connectivity index (χ2v) is 6.66. The van der Waals surface area contributed by atoms with Crippen LogP contribution in [0.2, 0.25) is 0 Å². The van der Waals surface area contributed by atoms with Crippen molar-refractivity contribution >= 4 is 28.8 Å². The van der Waals surface area contributed by atoms with Gasteiger partial charge < -0.3 is 10.6 Å². The molecule has 140 valence electrons. The average molecular weight is 377 g/mol. The molecule has 1 aromatic heterocycles. The van der Waals surface area contributed by atoms with Crippen molar-refractivity contribution in [1.29, 1.82) is 0 Å². The summed E-state index contributed by atoms with van der Waals surface area (Å²) >= 11 is 1.61. The lowest BCUT2D eigenvalue weighted by Gasteiger charge is -2.29. The Bertz CT molecular complexity index is 745. The van der Waals surface area contributed by atoms with E-state index in [0.717, 1.165) is 18.7 Å². The molecule has 0 saturated carbocycles. The van der Waals surface area contributed by atoms with Crippen molar-refractivity contribution in [3.8, 4) is 0 Å². The Balaban J connectivity index is 2.14. The summed E-state index contributed by atoms with van der Waals surface area (Å²) in [6.45, 7) is 7.57. The van der Waals surface area contributed by atoms with E-state index in [-0.39, 0.29) is 17.5 Å². The molecule has 5 nitrogen and oxygen atoms in total. The molecule has 0 aliphatic rings. The summed E-state index contributed by atoms with van der Waals surface area (Å²) in [5, 5.41) is 9.45. The van der Waals surface area contributed by atoms with Crippen molar-refractivity contribution in [2.45, 2.75) is 26.8 Å². The smallest absolute Gasteiger partial charge is 0.254 e. The molecule has 0 fully saturated rings. The van der Waals surface area contributed by atoms with E-state index in [4.69, 9.17) is 0 Å². The molecule has 0 aliphatic heterocycles. The fraction of sp³-hybridized carbons (Fsp3) is 0.368. The predicted molar refractivity (Wildman–Crippen MR) is 103 cm³/mol. The van der Waals surface area contributed by atoms with Crippen LogP contribution in [0.15, 0.2) is 35.0 Å². The molecule has 0 spiro atoms. The summed E-state index contributed by atoms with van der Waals surface area (Å²) in [7, 11) is 0. The summed E-state index contributed by atoms with van der Waals surface area (Å²) in [4.78, 5) is 25.9. The molecule has 2 amide bonds. The molecule has 0 bridgehead atoms. The molecule has 2 rings (SSSR count). The van der Waals surface area contributed by atoms with Gasteiger partial charge in [-0.15, -0.1) is 0 Å². The van der Waals surface area contributed by atoms with Crippen LogP contribution in [0.5, 0.6) is 0 Å². The average Bonchev–Trinajstić information content (AvgIpc) is 3.13. The lowest BCUT2D eigenvalue weighted by Crippen LogP contribution is -2.38. The first kappa shape index (κ1) is 20.1. The molecule has 0 radical (unpaired) electrons. The highest BCUT2D eigenvalue weighted by atomic mass is 32.1. The summed E-state index contributed by atoms with van der Waals surface area (Å²) in [5.74, 6) is -1.39. The normalized spacial score (nSPS) is 12.0. The Morgan fingerprint density at radius 3 is 2.54 bits per heavy atom. The van der Waals surface area contributed by atoms with Gasteiger partial charge in [0.05, 0.1) is 11.6 Å². The number of benzene rings is 1. The number of carbonyl (C=O) groups is 2. The van der Waals surface area contributed by atoms with Crippen LogP contribution >= 0.6 is 11.3 Å². The summed E-state index contributed by atoms with van der Waals surface area (Å²) in [5.41, 5.74) is 1.44. The third kappa shape index (κ3) is 5.12. The number of thiophene rings is 1. The van der Waals surface area contributed by atoms with E-state index >= 15 is 0 Å². The monoisotopic (exact) mass is 377 g/mol. The van der Waals surface area contributed by atoms with Gasteiger partial charge in [-0.2, -0.15) is 11.3 Å². The maximum Gasteiger partial charge on any atom is 0.254 e. The Hall–Kier alpha value is -2.25. The third-order valence-corrected chi connectivity index (χ3v) is 4.87. The van der Waals surface area contributed by atoms with Crippen LogP contribution in [0.4, 0.5) is 10.1 Å². The molecule has 0 saturated heterocycles. The number of amides is 2. The quantitative estimate of drug-likeness (QED) is 0.738. The molecular weight excluding hydrogens is 353 g/mol. The van der Waals surface area contributed by atoms with E-state index in [1.165, 1.54) is 25.1 Å². The van der Waals surface area contributed by atoms with E-state index in [1.807, 2.05) is 11.4 Å². The van der Waals surface area contributed by atoms with Crippen LogP contribution in [-0.2, 0) is 4.79 Å². The molecule has 26 heavy (non-hydrogen) atoms. The zero-order valence-corrected chi connectivity index (χ0v) is 16.0. The van der Waals surface area contributed by atoms with E-state index in [0.29, 0.717) is 12.2 Å². The number of nitrogens with zero attached hydrogens (tertiary/aromatic N) is 1. The first-order chi connectivity index (χ1) is 12.5. The Labute approximate surface area is 157 Å². The molecule has 1 unspecified atom stereocenters. The fourth-order valence-electron chi connectivity index (χ4n) is 2.85. The van der Waals surface area contributed by atoms with Gasteiger partial charge in [0, 0.05) is 19.2 Å². The Kier molecular flexibility index (Phi) is 7.29. The minimum Gasteiger partial charge on any atom is -0.350 e. The molecular formula is C19H24FN3O2S. The van der Waals surface area contributed by atoms with Crippen molar-refractivity contribution < 1.29 is 14.0 Å². The first-order valence-electron chi connectivity index (χ1n) is 8.57. The SMILES string of the molecule is CCN(CC)C(CNC(=O)c1cc(NC(C)=O)ccc1F)c1ccsc1. The Morgan fingerprint density at radius 1 is 1.23 bits per heavy atom. The van der Waals surface area contributed by atoms with Gasteiger partial charge in [0.25, 0.3) is 5.91 Å². The molecule has 2 N–H and O–H groups in total. The molecule has 2 aromatic rings. The van der Waals surface area contributed by atoms with Crippen LogP contribution < -0.4 is 10.6 Å². The number of hydrogen-bond donors (Lipinski definition) is 2. The second-order valence-electron chi connectivity index (χ2n) is 5.88. The lowest BCUT2D eigenvalue weighted by molar-refractivity contribution is -0.114. The first-order valence-corrected chi connectivity index (χ1v) is 9.52. The molecule has 1 atom stereocenters. The lowest BCUT2D eigenvalue weighted by atomic mass is 10.1. The van der Waals surface area contributed by atoms with Gasteiger partial charge in [0.15, 0.2) is 0 Å². The summed E-state index contributed by atoms with van der Waals surface area (Å²) in [6.07, 6.45) is 0. The zero-order valence-electron chi connectivity index (χ0n) is 15.2. The van der Waals surface area contributed by atoms with Gasteiger partial charge >= 0.3 is 0 Å². The number of likely N-dealkylation sites (N-methyl/N-ethyl adjacent to an activating group) is 1. The van der Waals surface area contributed by atoms with Gasteiger partial charge in [-0.25, -0.2) is 4.39 Å². The molecule has 1 heterocycles. The highest BCUT2D eigenvalue weighted by Gasteiger charge is 2.20. The van der Waals surface area contributed by atoms with Gasteiger partial charge in [-0.1, -0.05) is 13.8 Å². The van der Waals surface area contributed by atoms with Gasteiger partial charge in [0.2, 0.25) is 5.91 Å². The molecule has 7 heteroatoms. The predicted octanol–water partition coefficient (Wildman–Crippen LogP) is 3.66.